The van der Waals surface area contributed by atoms with Gasteiger partial charge < -0.3 is 5.73 Å². The van der Waals surface area contributed by atoms with Crippen molar-refractivity contribution < 1.29 is 0 Å². The normalized spacial score (nSPS) is 14.2. The first-order chi connectivity index (χ1) is 7.56. The predicted octanol–water partition coefficient (Wildman–Crippen LogP) is 4.34. The van der Waals surface area contributed by atoms with Crippen molar-refractivity contribution in [2.75, 3.05) is 0 Å². The van der Waals surface area contributed by atoms with E-state index < -0.39 is 0 Å². The molecule has 2 aromatic rings. The molecule has 0 spiro atoms. The number of hydrogen-bond donors (Lipinski definition) is 1. The topological polar surface area (TPSA) is 26.0 Å². The SMILES string of the molecule is CCC(C)(C)C(N)c1csc2ccccc12. The lowest BCUT2D eigenvalue weighted by atomic mass is 9.79. The molecule has 0 aliphatic heterocycles. The number of thiophene rings is 1. The molecule has 2 heteroatoms. The smallest absolute Gasteiger partial charge is 0.0361 e. The summed E-state index contributed by atoms with van der Waals surface area (Å²) in [5, 5.41) is 3.54. The summed E-state index contributed by atoms with van der Waals surface area (Å²) in [7, 11) is 0. The molecule has 16 heavy (non-hydrogen) atoms. The summed E-state index contributed by atoms with van der Waals surface area (Å²) in [6.45, 7) is 6.68. The predicted molar refractivity (Wildman–Crippen MR) is 72.8 cm³/mol. The Morgan fingerprint density at radius 1 is 1.31 bits per heavy atom. The van der Waals surface area contributed by atoms with Crippen LogP contribution in [0.3, 0.4) is 0 Å². The van der Waals surface area contributed by atoms with Gasteiger partial charge in [0, 0.05) is 10.7 Å². The molecule has 0 bridgehead atoms. The van der Waals surface area contributed by atoms with Gasteiger partial charge in [-0.15, -0.1) is 11.3 Å². The maximum atomic E-state index is 6.40. The number of nitrogens with two attached hydrogens (primary N) is 1. The van der Waals surface area contributed by atoms with Crippen molar-refractivity contribution in [2.45, 2.75) is 33.2 Å². The van der Waals surface area contributed by atoms with Gasteiger partial charge >= 0.3 is 0 Å². The van der Waals surface area contributed by atoms with E-state index in [1.54, 1.807) is 11.3 Å². The van der Waals surface area contributed by atoms with Crippen LogP contribution >= 0.6 is 11.3 Å². The Bertz CT molecular complexity index is 484. The molecular formula is C14H19NS. The first kappa shape index (κ1) is 11.6. The van der Waals surface area contributed by atoms with Crippen molar-refractivity contribution in [1.82, 2.24) is 0 Å². The van der Waals surface area contributed by atoms with Crippen LogP contribution in [0.15, 0.2) is 29.6 Å². The quantitative estimate of drug-likeness (QED) is 0.838. The molecule has 0 aliphatic carbocycles. The number of hydrogen-bond acceptors (Lipinski definition) is 2. The highest BCUT2D eigenvalue weighted by atomic mass is 32.1. The molecule has 0 aliphatic rings. The molecule has 1 atom stereocenters. The third kappa shape index (κ3) is 1.87. The maximum absolute atomic E-state index is 6.40. The van der Waals surface area contributed by atoms with Crippen molar-refractivity contribution in [1.29, 1.82) is 0 Å². The zero-order chi connectivity index (χ0) is 11.8. The molecule has 0 amide bonds. The molecule has 1 heterocycles. The molecule has 0 radical (unpaired) electrons. The Balaban J connectivity index is 2.48. The largest absolute Gasteiger partial charge is 0.323 e. The van der Waals surface area contributed by atoms with E-state index in [2.05, 4.69) is 50.4 Å². The van der Waals surface area contributed by atoms with E-state index in [1.165, 1.54) is 15.6 Å². The second kappa shape index (κ2) is 4.19. The van der Waals surface area contributed by atoms with Gasteiger partial charge in [0.25, 0.3) is 0 Å². The minimum Gasteiger partial charge on any atom is -0.323 e. The molecule has 1 aromatic carbocycles. The van der Waals surface area contributed by atoms with Crippen molar-refractivity contribution in [3.8, 4) is 0 Å². The van der Waals surface area contributed by atoms with Gasteiger partial charge in [-0.2, -0.15) is 0 Å². The Hall–Kier alpha value is -0.860. The Labute approximate surface area is 101 Å². The molecule has 0 fully saturated rings. The van der Waals surface area contributed by atoms with Crippen molar-refractivity contribution in [2.24, 2.45) is 11.1 Å². The van der Waals surface area contributed by atoms with Crippen molar-refractivity contribution in [3.63, 3.8) is 0 Å². The van der Waals surface area contributed by atoms with E-state index in [1.807, 2.05) is 0 Å². The Morgan fingerprint density at radius 3 is 2.69 bits per heavy atom. The summed E-state index contributed by atoms with van der Waals surface area (Å²) in [4.78, 5) is 0. The summed E-state index contributed by atoms with van der Waals surface area (Å²) in [6.07, 6.45) is 1.10. The lowest BCUT2D eigenvalue weighted by molar-refractivity contribution is 0.280. The first-order valence-corrected chi connectivity index (χ1v) is 6.66. The van der Waals surface area contributed by atoms with Gasteiger partial charge in [0.1, 0.15) is 0 Å². The Kier molecular flexibility index (Phi) is 3.04. The zero-order valence-electron chi connectivity index (χ0n) is 10.2. The average Bonchev–Trinajstić information content (AvgIpc) is 2.71. The highest BCUT2D eigenvalue weighted by molar-refractivity contribution is 7.17. The van der Waals surface area contributed by atoms with Crippen LogP contribution in [0.4, 0.5) is 0 Å². The summed E-state index contributed by atoms with van der Waals surface area (Å²) in [5.41, 5.74) is 7.86. The van der Waals surface area contributed by atoms with Crippen molar-refractivity contribution >= 4 is 21.4 Å². The number of rotatable bonds is 3. The molecule has 1 unspecified atom stereocenters. The van der Waals surface area contributed by atoms with E-state index in [-0.39, 0.29) is 11.5 Å². The van der Waals surface area contributed by atoms with Crippen LogP contribution in [0.1, 0.15) is 38.8 Å². The highest BCUT2D eigenvalue weighted by Crippen LogP contribution is 2.39. The molecule has 2 N–H and O–H groups in total. The third-order valence-electron chi connectivity index (χ3n) is 3.60. The van der Waals surface area contributed by atoms with E-state index in [4.69, 9.17) is 5.73 Å². The van der Waals surface area contributed by atoms with Crippen molar-refractivity contribution in [3.05, 3.63) is 35.2 Å². The fourth-order valence-corrected chi connectivity index (χ4v) is 2.88. The van der Waals surface area contributed by atoms with Gasteiger partial charge in [-0.25, -0.2) is 0 Å². The van der Waals surface area contributed by atoms with Crippen LogP contribution < -0.4 is 5.73 Å². The molecule has 0 saturated heterocycles. The second-order valence-electron chi connectivity index (χ2n) is 5.01. The molecule has 2 rings (SSSR count). The van der Waals surface area contributed by atoms with Crippen LogP contribution in [0.25, 0.3) is 10.1 Å². The highest BCUT2D eigenvalue weighted by Gasteiger charge is 2.27. The first-order valence-electron chi connectivity index (χ1n) is 5.78. The summed E-state index contributed by atoms with van der Waals surface area (Å²) in [5.74, 6) is 0. The summed E-state index contributed by atoms with van der Waals surface area (Å²) >= 11 is 1.79. The lowest BCUT2D eigenvalue weighted by Crippen LogP contribution is -2.28. The average molecular weight is 233 g/mol. The van der Waals surface area contributed by atoms with Crippen LogP contribution in [-0.4, -0.2) is 0 Å². The van der Waals surface area contributed by atoms with Gasteiger partial charge in [0.05, 0.1) is 0 Å². The monoisotopic (exact) mass is 233 g/mol. The fraction of sp³-hybridized carbons (Fsp3) is 0.429. The van der Waals surface area contributed by atoms with E-state index in [0.29, 0.717) is 0 Å². The van der Waals surface area contributed by atoms with Gasteiger partial charge in [-0.1, -0.05) is 39.0 Å². The Morgan fingerprint density at radius 2 is 2.00 bits per heavy atom. The molecular weight excluding hydrogens is 214 g/mol. The van der Waals surface area contributed by atoms with Gasteiger partial charge in [-0.05, 0) is 34.2 Å². The number of fused-ring (bicyclic) bond motifs is 1. The molecule has 86 valence electrons. The molecule has 0 saturated carbocycles. The minimum atomic E-state index is 0.119. The lowest BCUT2D eigenvalue weighted by Gasteiger charge is -2.30. The maximum Gasteiger partial charge on any atom is 0.0361 e. The van der Waals surface area contributed by atoms with Crippen LogP contribution in [0, 0.1) is 5.41 Å². The van der Waals surface area contributed by atoms with Gasteiger partial charge in [-0.3, -0.25) is 0 Å². The van der Waals surface area contributed by atoms with Crippen LogP contribution in [0.2, 0.25) is 0 Å². The summed E-state index contributed by atoms with van der Waals surface area (Å²) in [6, 6.07) is 8.62. The molecule has 1 aromatic heterocycles. The second-order valence-corrected chi connectivity index (χ2v) is 5.92. The van der Waals surface area contributed by atoms with Crippen LogP contribution in [-0.2, 0) is 0 Å². The zero-order valence-corrected chi connectivity index (χ0v) is 11.0. The standard InChI is InChI=1S/C14H19NS/c1-4-14(2,3)13(15)11-9-16-12-8-6-5-7-10(11)12/h5-9,13H,4,15H2,1-3H3. The van der Waals surface area contributed by atoms with Crippen LogP contribution in [0.5, 0.6) is 0 Å². The van der Waals surface area contributed by atoms with Gasteiger partial charge in [0.15, 0.2) is 0 Å². The number of benzene rings is 1. The van der Waals surface area contributed by atoms with E-state index in [0.717, 1.165) is 6.42 Å². The molecule has 1 nitrogen and oxygen atoms in total. The third-order valence-corrected chi connectivity index (χ3v) is 4.58. The van der Waals surface area contributed by atoms with Gasteiger partial charge in [0.2, 0.25) is 0 Å². The minimum absolute atomic E-state index is 0.119. The summed E-state index contributed by atoms with van der Waals surface area (Å²) < 4.78 is 1.33. The fourth-order valence-electron chi connectivity index (χ4n) is 1.88. The van der Waals surface area contributed by atoms with E-state index >= 15 is 0 Å². The van der Waals surface area contributed by atoms with E-state index in [9.17, 15) is 0 Å².